The highest BCUT2D eigenvalue weighted by molar-refractivity contribution is 6.70. The van der Waals surface area contributed by atoms with E-state index >= 15 is 0 Å². The smallest absolute Gasteiger partial charge is 0.0791 e. The minimum atomic E-state index is -0.273. The van der Waals surface area contributed by atoms with Crippen molar-refractivity contribution < 1.29 is 0 Å². The van der Waals surface area contributed by atoms with Crippen LogP contribution in [0.25, 0.3) is 0 Å². The highest BCUT2D eigenvalue weighted by Crippen LogP contribution is 2.07. The Hall–Kier alpha value is -0.763. The van der Waals surface area contributed by atoms with Crippen LogP contribution in [-0.4, -0.2) is 22.9 Å². The zero-order valence-corrected chi connectivity index (χ0v) is 9.26. The zero-order valence-electron chi connectivity index (χ0n) is 8.26. The van der Waals surface area contributed by atoms with Crippen molar-refractivity contribution in [3.63, 3.8) is 0 Å². The van der Waals surface area contributed by atoms with Crippen molar-refractivity contribution in [2.24, 2.45) is 0 Å². The fourth-order valence-electron chi connectivity index (χ4n) is 1.09. The van der Waals surface area contributed by atoms with Crippen LogP contribution in [0.4, 0.5) is 5.69 Å². The molecule has 0 amide bonds. The standard InChI is InChI=1S/C10H16NSi/c1-11(2)9-5-7-10(8-6-9)12(3)4/h5-8H,1-4H3. The first-order chi connectivity index (χ1) is 5.61. The minimum absolute atomic E-state index is 0.273. The van der Waals surface area contributed by atoms with Crippen molar-refractivity contribution in [2.75, 3.05) is 19.0 Å². The van der Waals surface area contributed by atoms with Crippen LogP contribution in [0, 0.1) is 0 Å². The third-order valence-electron chi connectivity index (χ3n) is 1.96. The second-order valence-corrected chi connectivity index (χ2v) is 6.02. The molecule has 0 saturated carbocycles. The maximum atomic E-state index is 2.31. The molecule has 0 heterocycles. The molecule has 65 valence electrons. The largest absolute Gasteiger partial charge is 0.378 e. The van der Waals surface area contributed by atoms with E-state index in [1.807, 2.05) is 0 Å². The van der Waals surface area contributed by atoms with Crippen LogP contribution < -0.4 is 10.1 Å². The maximum Gasteiger partial charge on any atom is 0.0791 e. The highest BCUT2D eigenvalue weighted by atomic mass is 28.3. The van der Waals surface area contributed by atoms with Crippen molar-refractivity contribution >= 4 is 19.7 Å². The van der Waals surface area contributed by atoms with Crippen LogP contribution in [-0.2, 0) is 0 Å². The third kappa shape index (κ3) is 2.11. The molecule has 2 heteroatoms. The van der Waals surface area contributed by atoms with E-state index in [0.717, 1.165) is 0 Å². The van der Waals surface area contributed by atoms with Gasteiger partial charge in [-0.25, -0.2) is 0 Å². The molecule has 1 aromatic rings. The van der Waals surface area contributed by atoms with E-state index in [2.05, 4.69) is 56.4 Å². The molecule has 12 heavy (non-hydrogen) atoms. The van der Waals surface area contributed by atoms with E-state index in [1.165, 1.54) is 10.9 Å². The van der Waals surface area contributed by atoms with Crippen LogP contribution in [0.5, 0.6) is 0 Å². The van der Waals surface area contributed by atoms with Crippen LogP contribution in [0.3, 0.4) is 0 Å². The minimum Gasteiger partial charge on any atom is -0.378 e. The van der Waals surface area contributed by atoms with Gasteiger partial charge in [0.2, 0.25) is 0 Å². The second-order valence-electron chi connectivity index (χ2n) is 3.44. The van der Waals surface area contributed by atoms with Gasteiger partial charge in [-0.1, -0.05) is 30.4 Å². The Bertz CT molecular complexity index is 212. The Kier molecular flexibility index (Phi) is 2.92. The summed E-state index contributed by atoms with van der Waals surface area (Å²) in [4.78, 5) is 2.13. The molecular formula is C10H16NSi. The van der Waals surface area contributed by atoms with E-state index < -0.39 is 0 Å². The van der Waals surface area contributed by atoms with Crippen molar-refractivity contribution in [1.29, 1.82) is 0 Å². The number of hydrogen-bond donors (Lipinski definition) is 0. The molecule has 0 aliphatic heterocycles. The summed E-state index contributed by atoms with van der Waals surface area (Å²) in [6.45, 7) is 4.63. The van der Waals surface area contributed by atoms with Crippen LogP contribution >= 0.6 is 0 Å². The van der Waals surface area contributed by atoms with Crippen LogP contribution in [0.1, 0.15) is 0 Å². The van der Waals surface area contributed by atoms with E-state index in [0.29, 0.717) is 0 Å². The summed E-state index contributed by atoms with van der Waals surface area (Å²) in [5.74, 6) is 0. The molecule has 0 N–H and O–H groups in total. The summed E-state index contributed by atoms with van der Waals surface area (Å²) in [6, 6.07) is 8.85. The van der Waals surface area contributed by atoms with E-state index in [4.69, 9.17) is 0 Å². The summed E-state index contributed by atoms with van der Waals surface area (Å²) >= 11 is 0. The molecule has 0 spiro atoms. The fourth-order valence-corrected chi connectivity index (χ4v) is 1.93. The number of hydrogen-bond acceptors (Lipinski definition) is 1. The molecule has 0 fully saturated rings. The maximum absolute atomic E-state index is 2.31. The lowest BCUT2D eigenvalue weighted by molar-refractivity contribution is 1.13. The fraction of sp³-hybridized carbons (Fsp3) is 0.400. The average molecular weight is 178 g/mol. The normalized spacial score (nSPS) is 10.4. The second kappa shape index (κ2) is 3.76. The molecular weight excluding hydrogens is 162 g/mol. The SMILES string of the molecule is CN(C)c1ccc([Si](C)C)cc1. The van der Waals surface area contributed by atoms with Crippen molar-refractivity contribution in [1.82, 2.24) is 0 Å². The molecule has 0 aliphatic rings. The van der Waals surface area contributed by atoms with Gasteiger partial charge in [-0.3, -0.25) is 0 Å². The van der Waals surface area contributed by atoms with E-state index in [-0.39, 0.29) is 8.80 Å². The molecule has 0 aliphatic carbocycles. The molecule has 0 aromatic heterocycles. The van der Waals surface area contributed by atoms with E-state index in [1.54, 1.807) is 0 Å². The number of anilines is 1. The first-order valence-corrected chi connectivity index (χ1v) is 6.69. The molecule has 1 radical (unpaired) electrons. The van der Waals surface area contributed by atoms with Gasteiger partial charge in [-0.15, -0.1) is 0 Å². The Balaban J connectivity index is 2.86. The number of nitrogens with zero attached hydrogens (tertiary/aromatic N) is 1. The predicted molar refractivity (Wildman–Crippen MR) is 57.9 cm³/mol. The zero-order chi connectivity index (χ0) is 9.14. The van der Waals surface area contributed by atoms with Gasteiger partial charge < -0.3 is 4.90 Å². The van der Waals surface area contributed by atoms with Crippen LogP contribution in [0.15, 0.2) is 24.3 Å². The molecule has 1 rings (SSSR count). The first-order valence-electron chi connectivity index (χ1n) is 4.19. The molecule has 1 aromatic carbocycles. The Morgan fingerprint density at radius 2 is 1.50 bits per heavy atom. The predicted octanol–water partition coefficient (Wildman–Crippen LogP) is 1.71. The summed E-state index contributed by atoms with van der Waals surface area (Å²) in [5.41, 5.74) is 1.28. The summed E-state index contributed by atoms with van der Waals surface area (Å²) in [5, 5.41) is 1.51. The summed E-state index contributed by atoms with van der Waals surface area (Å²) in [7, 11) is 3.86. The third-order valence-corrected chi connectivity index (χ3v) is 3.45. The molecule has 0 unspecified atom stereocenters. The quantitative estimate of drug-likeness (QED) is 0.623. The lowest BCUT2D eigenvalue weighted by Gasteiger charge is -2.13. The number of benzene rings is 1. The van der Waals surface area contributed by atoms with Crippen molar-refractivity contribution in [3.8, 4) is 0 Å². The monoisotopic (exact) mass is 178 g/mol. The van der Waals surface area contributed by atoms with Gasteiger partial charge in [0.05, 0.1) is 8.80 Å². The first kappa shape index (κ1) is 9.33. The van der Waals surface area contributed by atoms with Gasteiger partial charge in [-0.2, -0.15) is 0 Å². The van der Waals surface area contributed by atoms with Gasteiger partial charge in [0.25, 0.3) is 0 Å². The lowest BCUT2D eigenvalue weighted by Crippen LogP contribution is -2.22. The van der Waals surface area contributed by atoms with E-state index in [9.17, 15) is 0 Å². The Morgan fingerprint density at radius 1 is 1.00 bits per heavy atom. The topological polar surface area (TPSA) is 3.24 Å². The lowest BCUT2D eigenvalue weighted by atomic mass is 10.3. The van der Waals surface area contributed by atoms with Gasteiger partial charge in [0, 0.05) is 19.8 Å². The van der Waals surface area contributed by atoms with Gasteiger partial charge in [0.1, 0.15) is 0 Å². The van der Waals surface area contributed by atoms with Crippen molar-refractivity contribution in [2.45, 2.75) is 13.1 Å². The van der Waals surface area contributed by atoms with Gasteiger partial charge >= 0.3 is 0 Å². The van der Waals surface area contributed by atoms with Gasteiger partial charge in [0.15, 0.2) is 0 Å². The number of rotatable bonds is 2. The summed E-state index contributed by atoms with van der Waals surface area (Å²) in [6.07, 6.45) is 0. The Morgan fingerprint density at radius 3 is 1.83 bits per heavy atom. The molecule has 1 nitrogen and oxygen atoms in total. The van der Waals surface area contributed by atoms with Gasteiger partial charge in [-0.05, 0) is 12.1 Å². The Labute approximate surface area is 76.6 Å². The highest BCUT2D eigenvalue weighted by Gasteiger charge is 2.00. The van der Waals surface area contributed by atoms with Crippen LogP contribution in [0.2, 0.25) is 13.1 Å². The molecule has 0 saturated heterocycles. The average Bonchev–Trinajstić information content (AvgIpc) is 2.04. The molecule has 0 atom stereocenters. The summed E-state index contributed by atoms with van der Waals surface area (Å²) < 4.78 is 0. The van der Waals surface area contributed by atoms with Crippen molar-refractivity contribution in [3.05, 3.63) is 24.3 Å². The molecule has 0 bridgehead atoms.